The first-order chi connectivity index (χ1) is 10.2. The summed E-state index contributed by atoms with van der Waals surface area (Å²) in [5, 5.41) is 13.3. The molecule has 0 atom stereocenters. The van der Waals surface area contributed by atoms with E-state index in [1.54, 1.807) is 28.0 Å². The van der Waals surface area contributed by atoms with Crippen LogP contribution in [0.2, 0.25) is 0 Å². The van der Waals surface area contributed by atoms with E-state index in [0.29, 0.717) is 24.5 Å². The second kappa shape index (κ2) is 6.99. The summed E-state index contributed by atoms with van der Waals surface area (Å²) < 4.78 is 1.64. The van der Waals surface area contributed by atoms with Gasteiger partial charge in [0.2, 0.25) is 0 Å². The van der Waals surface area contributed by atoms with E-state index in [-0.39, 0.29) is 12.5 Å². The van der Waals surface area contributed by atoms with Gasteiger partial charge in [0.15, 0.2) is 5.82 Å². The second-order valence-corrected chi connectivity index (χ2v) is 4.84. The molecule has 0 fully saturated rings. The molecule has 1 N–H and O–H groups in total. The molecule has 0 saturated carbocycles. The maximum Gasteiger partial charge on any atom is 0.253 e. The molecule has 0 spiro atoms. The maximum atomic E-state index is 12.4. The normalized spacial score (nSPS) is 10.6. The van der Waals surface area contributed by atoms with E-state index in [9.17, 15) is 4.79 Å². The molecule has 1 aromatic carbocycles. The number of rotatable bonds is 6. The van der Waals surface area contributed by atoms with Gasteiger partial charge in [0.05, 0.1) is 6.61 Å². The smallest absolute Gasteiger partial charge is 0.253 e. The molecule has 1 aromatic heterocycles. The number of aliphatic hydroxyl groups is 1. The number of hydrogen-bond acceptors (Lipinski definition) is 4. The zero-order chi connectivity index (χ0) is 15.2. The molecule has 2 aromatic rings. The van der Waals surface area contributed by atoms with E-state index in [4.69, 9.17) is 5.11 Å². The first-order valence-electron chi connectivity index (χ1n) is 7.02. The zero-order valence-electron chi connectivity index (χ0n) is 12.4. The zero-order valence-corrected chi connectivity index (χ0v) is 12.4. The number of aromatic nitrogens is 3. The van der Waals surface area contributed by atoms with E-state index in [1.807, 2.05) is 26.1 Å². The lowest BCUT2D eigenvalue weighted by Crippen LogP contribution is -2.34. The summed E-state index contributed by atoms with van der Waals surface area (Å²) in [5.41, 5.74) is 1.48. The van der Waals surface area contributed by atoms with Crippen LogP contribution in [0.15, 0.2) is 30.6 Å². The average molecular weight is 288 g/mol. The summed E-state index contributed by atoms with van der Waals surface area (Å²) in [6, 6.07) is 7.22. The molecule has 0 aliphatic rings. The SMILES string of the molecule is CCCN(CCO)C(=O)c1ccc(-c2ncn(C)n2)cc1. The van der Waals surface area contributed by atoms with Gasteiger partial charge in [-0.25, -0.2) is 4.98 Å². The number of amides is 1. The Kier molecular flexibility index (Phi) is 5.05. The predicted molar refractivity (Wildman–Crippen MR) is 79.7 cm³/mol. The quantitative estimate of drug-likeness (QED) is 0.870. The molecule has 0 aliphatic carbocycles. The van der Waals surface area contributed by atoms with Crippen LogP contribution in [0.25, 0.3) is 11.4 Å². The number of carbonyl (C=O) groups excluding carboxylic acids is 1. The second-order valence-electron chi connectivity index (χ2n) is 4.84. The lowest BCUT2D eigenvalue weighted by Gasteiger charge is -2.21. The van der Waals surface area contributed by atoms with Gasteiger partial charge in [0.25, 0.3) is 5.91 Å². The van der Waals surface area contributed by atoms with Gasteiger partial charge in [-0.05, 0) is 18.6 Å². The van der Waals surface area contributed by atoms with Crippen molar-refractivity contribution in [1.82, 2.24) is 19.7 Å². The molecule has 1 amide bonds. The number of carbonyl (C=O) groups is 1. The Bertz CT molecular complexity index is 586. The lowest BCUT2D eigenvalue weighted by atomic mass is 10.1. The fourth-order valence-electron chi connectivity index (χ4n) is 2.12. The van der Waals surface area contributed by atoms with Crippen molar-refractivity contribution >= 4 is 5.91 Å². The van der Waals surface area contributed by atoms with E-state index < -0.39 is 0 Å². The van der Waals surface area contributed by atoms with Crippen molar-refractivity contribution in [2.24, 2.45) is 7.05 Å². The van der Waals surface area contributed by atoms with Gasteiger partial charge in [-0.2, -0.15) is 5.10 Å². The molecule has 21 heavy (non-hydrogen) atoms. The molecule has 1 heterocycles. The molecular formula is C15H20N4O2. The largest absolute Gasteiger partial charge is 0.395 e. The Morgan fingerprint density at radius 1 is 1.29 bits per heavy atom. The van der Waals surface area contributed by atoms with Crippen LogP contribution in [0.5, 0.6) is 0 Å². The van der Waals surface area contributed by atoms with Crippen molar-refractivity contribution in [2.75, 3.05) is 19.7 Å². The molecule has 0 radical (unpaired) electrons. The van der Waals surface area contributed by atoms with Gasteiger partial charge in [-0.3, -0.25) is 9.48 Å². The molecule has 6 heteroatoms. The fourth-order valence-corrected chi connectivity index (χ4v) is 2.12. The van der Waals surface area contributed by atoms with Crippen molar-refractivity contribution in [3.05, 3.63) is 36.2 Å². The molecule has 0 bridgehead atoms. The standard InChI is InChI=1S/C15H20N4O2/c1-3-8-19(9-10-20)15(21)13-6-4-12(5-7-13)14-16-11-18(2)17-14/h4-7,11,20H,3,8-10H2,1-2H3. The Labute approximate surface area is 124 Å². The summed E-state index contributed by atoms with van der Waals surface area (Å²) in [7, 11) is 1.81. The topological polar surface area (TPSA) is 71.2 Å². The Morgan fingerprint density at radius 3 is 2.52 bits per heavy atom. The van der Waals surface area contributed by atoms with Gasteiger partial charge < -0.3 is 10.0 Å². The van der Waals surface area contributed by atoms with Crippen molar-refractivity contribution in [3.63, 3.8) is 0 Å². The molecular weight excluding hydrogens is 268 g/mol. The summed E-state index contributed by atoms with van der Waals surface area (Å²) >= 11 is 0. The van der Waals surface area contributed by atoms with Gasteiger partial charge in [-0.15, -0.1) is 0 Å². The highest BCUT2D eigenvalue weighted by Crippen LogP contribution is 2.16. The minimum atomic E-state index is -0.0635. The summed E-state index contributed by atoms with van der Waals surface area (Å²) in [6.07, 6.45) is 2.50. The Balaban J connectivity index is 2.15. The van der Waals surface area contributed by atoms with Crippen molar-refractivity contribution in [3.8, 4) is 11.4 Å². The summed E-state index contributed by atoms with van der Waals surface area (Å²) in [4.78, 5) is 18.2. The number of benzene rings is 1. The average Bonchev–Trinajstić information content (AvgIpc) is 2.93. The van der Waals surface area contributed by atoms with Crippen LogP contribution < -0.4 is 0 Å². The van der Waals surface area contributed by atoms with Crippen molar-refractivity contribution in [2.45, 2.75) is 13.3 Å². The van der Waals surface area contributed by atoms with Crippen LogP contribution in [0.1, 0.15) is 23.7 Å². The van der Waals surface area contributed by atoms with Crippen LogP contribution in [0.3, 0.4) is 0 Å². The third kappa shape index (κ3) is 3.66. The van der Waals surface area contributed by atoms with E-state index in [2.05, 4.69) is 10.1 Å². The monoisotopic (exact) mass is 288 g/mol. The van der Waals surface area contributed by atoms with Crippen LogP contribution in [0, 0.1) is 0 Å². The fraction of sp³-hybridized carbons (Fsp3) is 0.400. The number of aliphatic hydroxyl groups excluding tert-OH is 1. The first kappa shape index (κ1) is 15.2. The lowest BCUT2D eigenvalue weighted by molar-refractivity contribution is 0.0722. The van der Waals surface area contributed by atoms with Crippen LogP contribution in [-0.2, 0) is 7.05 Å². The van der Waals surface area contributed by atoms with Gasteiger partial charge in [0, 0.05) is 31.3 Å². The van der Waals surface area contributed by atoms with E-state index in [0.717, 1.165) is 12.0 Å². The highest BCUT2D eigenvalue weighted by Gasteiger charge is 2.14. The molecule has 112 valence electrons. The third-order valence-corrected chi connectivity index (χ3v) is 3.14. The third-order valence-electron chi connectivity index (χ3n) is 3.14. The van der Waals surface area contributed by atoms with Gasteiger partial charge >= 0.3 is 0 Å². The van der Waals surface area contributed by atoms with Crippen LogP contribution >= 0.6 is 0 Å². The summed E-state index contributed by atoms with van der Waals surface area (Å²) in [6.45, 7) is 2.98. The molecule has 0 unspecified atom stereocenters. The molecule has 6 nitrogen and oxygen atoms in total. The minimum Gasteiger partial charge on any atom is -0.395 e. The van der Waals surface area contributed by atoms with E-state index in [1.165, 1.54) is 0 Å². The van der Waals surface area contributed by atoms with Crippen molar-refractivity contribution in [1.29, 1.82) is 0 Å². The highest BCUT2D eigenvalue weighted by molar-refractivity contribution is 5.94. The minimum absolute atomic E-state index is 0.0261. The Hall–Kier alpha value is -2.21. The van der Waals surface area contributed by atoms with Crippen LogP contribution in [-0.4, -0.2) is 50.4 Å². The number of nitrogens with zero attached hydrogens (tertiary/aromatic N) is 4. The highest BCUT2D eigenvalue weighted by atomic mass is 16.3. The molecule has 2 rings (SSSR count). The number of hydrogen-bond donors (Lipinski definition) is 1. The molecule has 0 saturated heterocycles. The summed E-state index contributed by atoms with van der Waals surface area (Å²) in [5.74, 6) is 0.573. The van der Waals surface area contributed by atoms with Crippen LogP contribution in [0.4, 0.5) is 0 Å². The van der Waals surface area contributed by atoms with Crippen molar-refractivity contribution < 1.29 is 9.90 Å². The van der Waals surface area contributed by atoms with E-state index >= 15 is 0 Å². The first-order valence-corrected chi connectivity index (χ1v) is 7.02. The van der Waals surface area contributed by atoms with Gasteiger partial charge in [0.1, 0.15) is 6.33 Å². The maximum absolute atomic E-state index is 12.4. The molecule has 0 aliphatic heterocycles. The Morgan fingerprint density at radius 2 is 2.00 bits per heavy atom. The number of aryl methyl sites for hydroxylation is 1. The predicted octanol–water partition coefficient (Wildman–Crippen LogP) is 1.33. The van der Waals surface area contributed by atoms with Gasteiger partial charge in [-0.1, -0.05) is 19.1 Å².